The number of aromatic nitrogens is 2. The molecule has 0 aromatic carbocycles. The number of nitrogens with zero attached hydrogens (tertiary/aromatic N) is 3. The molecule has 0 radical (unpaired) electrons. The Morgan fingerprint density at radius 3 is 2.95 bits per heavy atom. The third-order valence-electron chi connectivity index (χ3n) is 3.76. The largest absolute Gasteiger partial charge is 0.339 e. The first-order chi connectivity index (χ1) is 10.2. The quantitative estimate of drug-likeness (QED) is 0.896. The van der Waals surface area contributed by atoms with Crippen LogP contribution in [0.4, 0.5) is 5.95 Å². The smallest absolute Gasteiger partial charge is 0.225 e. The van der Waals surface area contributed by atoms with Crippen LogP contribution in [0, 0.1) is 0 Å². The van der Waals surface area contributed by atoms with Crippen LogP contribution in [0.15, 0.2) is 34.4 Å². The SMILES string of the molecule is CC(NC1CCCN(c2ncccn2)C1)c1cc(Br)cs1. The van der Waals surface area contributed by atoms with Crippen LogP contribution in [0.25, 0.3) is 0 Å². The van der Waals surface area contributed by atoms with Crippen LogP contribution in [0.2, 0.25) is 0 Å². The molecule has 0 amide bonds. The molecular weight excluding hydrogens is 348 g/mol. The molecule has 4 nitrogen and oxygen atoms in total. The fraction of sp³-hybridized carbons (Fsp3) is 0.467. The van der Waals surface area contributed by atoms with Crippen LogP contribution in [-0.4, -0.2) is 29.1 Å². The maximum atomic E-state index is 4.36. The van der Waals surface area contributed by atoms with Gasteiger partial charge in [-0.05, 0) is 47.8 Å². The predicted octanol–water partition coefficient (Wildman–Crippen LogP) is 3.62. The van der Waals surface area contributed by atoms with Crippen LogP contribution >= 0.6 is 27.3 Å². The Morgan fingerprint density at radius 2 is 2.24 bits per heavy atom. The lowest BCUT2D eigenvalue weighted by Gasteiger charge is -2.34. The van der Waals surface area contributed by atoms with E-state index in [1.54, 1.807) is 11.3 Å². The van der Waals surface area contributed by atoms with Gasteiger partial charge in [0.1, 0.15) is 0 Å². The number of halogens is 1. The van der Waals surface area contributed by atoms with Gasteiger partial charge in [-0.25, -0.2) is 9.97 Å². The molecule has 2 unspecified atom stereocenters. The maximum Gasteiger partial charge on any atom is 0.225 e. The summed E-state index contributed by atoms with van der Waals surface area (Å²) in [6, 6.07) is 4.92. The van der Waals surface area contributed by atoms with Crippen molar-refractivity contribution < 1.29 is 0 Å². The molecule has 1 N–H and O–H groups in total. The van der Waals surface area contributed by atoms with Crippen molar-refractivity contribution in [2.75, 3.05) is 18.0 Å². The normalized spacial score (nSPS) is 20.5. The molecule has 6 heteroatoms. The van der Waals surface area contributed by atoms with Crippen LogP contribution in [0.1, 0.15) is 30.7 Å². The zero-order chi connectivity index (χ0) is 14.7. The molecule has 1 saturated heterocycles. The van der Waals surface area contributed by atoms with Gasteiger partial charge >= 0.3 is 0 Å². The number of hydrogen-bond donors (Lipinski definition) is 1. The number of hydrogen-bond acceptors (Lipinski definition) is 5. The molecule has 112 valence electrons. The summed E-state index contributed by atoms with van der Waals surface area (Å²) in [7, 11) is 0. The topological polar surface area (TPSA) is 41.0 Å². The first-order valence-corrected chi connectivity index (χ1v) is 8.91. The van der Waals surface area contributed by atoms with Gasteiger partial charge in [0, 0.05) is 52.3 Å². The van der Waals surface area contributed by atoms with Crippen molar-refractivity contribution in [1.29, 1.82) is 0 Å². The Labute approximate surface area is 137 Å². The van der Waals surface area contributed by atoms with E-state index in [1.165, 1.54) is 22.2 Å². The first kappa shape index (κ1) is 14.9. The lowest BCUT2D eigenvalue weighted by Crippen LogP contribution is -2.46. The zero-order valence-corrected chi connectivity index (χ0v) is 14.4. The van der Waals surface area contributed by atoms with E-state index in [4.69, 9.17) is 0 Å². The number of rotatable bonds is 4. The fourth-order valence-corrected chi connectivity index (χ4v) is 4.20. The van der Waals surface area contributed by atoms with E-state index in [2.05, 4.69) is 54.5 Å². The van der Waals surface area contributed by atoms with Crippen molar-refractivity contribution >= 4 is 33.2 Å². The molecule has 2 aromatic heterocycles. The molecule has 0 spiro atoms. The van der Waals surface area contributed by atoms with Crippen LogP contribution in [0.3, 0.4) is 0 Å². The highest BCUT2D eigenvalue weighted by Crippen LogP contribution is 2.26. The number of nitrogens with one attached hydrogen (secondary N) is 1. The van der Waals surface area contributed by atoms with E-state index in [1.807, 2.05) is 18.5 Å². The summed E-state index contributed by atoms with van der Waals surface area (Å²) >= 11 is 5.32. The van der Waals surface area contributed by atoms with Gasteiger partial charge in [-0.15, -0.1) is 11.3 Å². The highest BCUT2D eigenvalue weighted by atomic mass is 79.9. The molecule has 3 heterocycles. The van der Waals surface area contributed by atoms with E-state index in [9.17, 15) is 0 Å². The third kappa shape index (κ3) is 3.81. The van der Waals surface area contributed by atoms with Gasteiger partial charge in [0.15, 0.2) is 0 Å². The van der Waals surface area contributed by atoms with Gasteiger partial charge in [0.2, 0.25) is 5.95 Å². The van der Waals surface area contributed by atoms with Crippen molar-refractivity contribution in [3.63, 3.8) is 0 Å². The van der Waals surface area contributed by atoms with Gasteiger partial charge in [-0.3, -0.25) is 0 Å². The Balaban J connectivity index is 1.61. The minimum atomic E-state index is 0.378. The van der Waals surface area contributed by atoms with Crippen molar-refractivity contribution in [2.45, 2.75) is 31.8 Å². The van der Waals surface area contributed by atoms with E-state index in [-0.39, 0.29) is 0 Å². The second kappa shape index (κ2) is 6.85. The predicted molar refractivity (Wildman–Crippen MR) is 90.8 cm³/mol. The van der Waals surface area contributed by atoms with Crippen molar-refractivity contribution in [2.24, 2.45) is 0 Å². The Bertz CT molecular complexity index is 574. The average molecular weight is 367 g/mol. The molecular formula is C15H19BrN4S. The molecule has 3 rings (SSSR count). The van der Waals surface area contributed by atoms with Crippen LogP contribution in [-0.2, 0) is 0 Å². The second-order valence-electron chi connectivity index (χ2n) is 5.39. The highest BCUT2D eigenvalue weighted by Gasteiger charge is 2.23. The van der Waals surface area contributed by atoms with E-state index < -0.39 is 0 Å². The second-order valence-corrected chi connectivity index (χ2v) is 7.25. The van der Waals surface area contributed by atoms with Crippen molar-refractivity contribution in [3.8, 4) is 0 Å². The van der Waals surface area contributed by atoms with Crippen molar-refractivity contribution in [1.82, 2.24) is 15.3 Å². The molecule has 21 heavy (non-hydrogen) atoms. The molecule has 0 aliphatic carbocycles. The molecule has 1 aliphatic heterocycles. The standard InChI is InChI=1S/C15H19BrN4S/c1-11(14-8-12(16)10-21-14)19-13-4-2-7-20(9-13)15-17-5-3-6-18-15/h3,5-6,8,10-11,13,19H,2,4,7,9H2,1H3. The molecule has 1 aliphatic rings. The zero-order valence-electron chi connectivity index (χ0n) is 12.0. The maximum absolute atomic E-state index is 4.36. The fourth-order valence-electron chi connectivity index (χ4n) is 2.74. The lowest BCUT2D eigenvalue weighted by molar-refractivity contribution is 0.388. The van der Waals surface area contributed by atoms with Gasteiger partial charge in [0.05, 0.1) is 0 Å². The molecule has 2 atom stereocenters. The van der Waals surface area contributed by atoms with Crippen LogP contribution in [0.5, 0.6) is 0 Å². The summed E-state index contributed by atoms with van der Waals surface area (Å²) in [5.41, 5.74) is 0. The van der Waals surface area contributed by atoms with E-state index in [0.717, 1.165) is 19.0 Å². The number of piperidine rings is 1. The van der Waals surface area contributed by atoms with Gasteiger partial charge in [-0.2, -0.15) is 0 Å². The first-order valence-electron chi connectivity index (χ1n) is 7.24. The van der Waals surface area contributed by atoms with Gasteiger partial charge in [-0.1, -0.05) is 0 Å². The lowest BCUT2D eigenvalue weighted by atomic mass is 10.0. The Kier molecular flexibility index (Phi) is 4.87. The van der Waals surface area contributed by atoms with Gasteiger partial charge < -0.3 is 10.2 Å². The molecule has 2 aromatic rings. The Hall–Kier alpha value is -0.980. The van der Waals surface area contributed by atoms with E-state index >= 15 is 0 Å². The summed E-state index contributed by atoms with van der Waals surface area (Å²) in [4.78, 5) is 12.4. The van der Waals surface area contributed by atoms with Crippen molar-refractivity contribution in [3.05, 3.63) is 39.3 Å². The number of thiophene rings is 1. The summed E-state index contributed by atoms with van der Waals surface area (Å²) in [6.45, 7) is 4.25. The van der Waals surface area contributed by atoms with Gasteiger partial charge in [0.25, 0.3) is 0 Å². The third-order valence-corrected chi connectivity index (χ3v) is 5.63. The molecule has 0 saturated carbocycles. The molecule has 1 fully saturated rings. The summed E-state index contributed by atoms with van der Waals surface area (Å²) < 4.78 is 1.17. The Morgan fingerprint density at radius 1 is 1.43 bits per heavy atom. The van der Waals surface area contributed by atoms with E-state index in [0.29, 0.717) is 12.1 Å². The summed E-state index contributed by atoms with van der Waals surface area (Å²) in [5, 5.41) is 5.88. The van der Waals surface area contributed by atoms with Crippen LogP contribution < -0.4 is 10.2 Å². The summed E-state index contributed by atoms with van der Waals surface area (Å²) in [5.74, 6) is 0.843. The average Bonchev–Trinajstić information content (AvgIpc) is 2.95. The highest BCUT2D eigenvalue weighted by molar-refractivity contribution is 9.10. The molecule has 0 bridgehead atoms. The minimum Gasteiger partial charge on any atom is -0.339 e. The minimum absolute atomic E-state index is 0.378. The number of anilines is 1. The summed E-state index contributed by atoms with van der Waals surface area (Å²) in [6.07, 6.45) is 6.01. The monoisotopic (exact) mass is 366 g/mol.